The van der Waals surface area contributed by atoms with E-state index in [4.69, 9.17) is 0 Å². The molecule has 2 rings (SSSR count). The summed E-state index contributed by atoms with van der Waals surface area (Å²) in [7, 11) is 0. The Morgan fingerprint density at radius 2 is 2.15 bits per heavy atom. The van der Waals surface area contributed by atoms with Crippen molar-refractivity contribution in [2.75, 3.05) is 32.7 Å². The summed E-state index contributed by atoms with van der Waals surface area (Å²) >= 11 is 4.99. The largest absolute Gasteiger partial charge is 0.339 e. The fourth-order valence-corrected chi connectivity index (χ4v) is 3.64. The normalized spacial score (nSPS) is 18.1. The minimum absolute atomic E-state index is 0.102. The highest BCUT2D eigenvalue weighted by molar-refractivity contribution is 9.10. The van der Waals surface area contributed by atoms with Crippen LogP contribution in [0.3, 0.4) is 0 Å². The van der Waals surface area contributed by atoms with E-state index in [1.54, 1.807) is 6.20 Å². The van der Waals surface area contributed by atoms with Gasteiger partial charge in [0, 0.05) is 36.8 Å². The van der Waals surface area contributed by atoms with Gasteiger partial charge in [0.1, 0.15) is 5.03 Å². The van der Waals surface area contributed by atoms with E-state index in [-0.39, 0.29) is 11.2 Å². The van der Waals surface area contributed by atoms with Gasteiger partial charge in [0.15, 0.2) is 0 Å². The maximum absolute atomic E-state index is 12.5. The molecule has 0 aromatic carbocycles. The Hall–Kier alpha value is -0.590. The number of thioether (sulfide) groups is 1. The van der Waals surface area contributed by atoms with Gasteiger partial charge in [-0.15, -0.1) is 0 Å². The number of likely N-dealkylation sites (N-methyl/N-ethyl adjacent to an activating group) is 1. The van der Waals surface area contributed by atoms with Gasteiger partial charge in [-0.1, -0.05) is 18.7 Å². The zero-order valence-corrected chi connectivity index (χ0v) is 14.3. The number of halogens is 1. The molecule has 1 fully saturated rings. The van der Waals surface area contributed by atoms with Gasteiger partial charge >= 0.3 is 0 Å². The molecular weight excluding hydrogens is 338 g/mol. The molecule has 1 saturated heterocycles. The van der Waals surface area contributed by atoms with Crippen LogP contribution in [0.25, 0.3) is 0 Å². The van der Waals surface area contributed by atoms with Crippen molar-refractivity contribution in [3.05, 3.63) is 22.8 Å². The quantitative estimate of drug-likeness (QED) is 0.775. The number of pyridine rings is 1. The number of amides is 1. The highest BCUT2D eigenvalue weighted by atomic mass is 79.9. The van der Waals surface area contributed by atoms with Crippen LogP contribution in [0, 0.1) is 0 Å². The van der Waals surface area contributed by atoms with E-state index in [0.29, 0.717) is 0 Å². The van der Waals surface area contributed by atoms with E-state index in [0.717, 1.165) is 42.2 Å². The van der Waals surface area contributed by atoms with Crippen molar-refractivity contribution >= 4 is 33.6 Å². The number of aromatic nitrogens is 1. The van der Waals surface area contributed by atoms with Crippen LogP contribution in [-0.2, 0) is 4.79 Å². The van der Waals surface area contributed by atoms with E-state index >= 15 is 0 Å². The Balaban J connectivity index is 1.91. The monoisotopic (exact) mass is 357 g/mol. The number of hydrogen-bond acceptors (Lipinski definition) is 4. The smallest absolute Gasteiger partial charge is 0.235 e. The van der Waals surface area contributed by atoms with Crippen LogP contribution < -0.4 is 0 Å². The molecule has 110 valence electrons. The maximum atomic E-state index is 12.5. The van der Waals surface area contributed by atoms with Gasteiger partial charge in [0.2, 0.25) is 5.91 Å². The van der Waals surface area contributed by atoms with Gasteiger partial charge in [-0.25, -0.2) is 4.98 Å². The van der Waals surface area contributed by atoms with Crippen LogP contribution in [0.4, 0.5) is 0 Å². The van der Waals surface area contributed by atoms with Crippen LogP contribution in [0.1, 0.15) is 13.8 Å². The summed E-state index contributed by atoms with van der Waals surface area (Å²) in [5, 5.41) is 0.773. The molecule has 0 aliphatic carbocycles. The number of rotatable bonds is 4. The van der Waals surface area contributed by atoms with E-state index in [1.165, 1.54) is 11.8 Å². The number of nitrogens with zero attached hydrogens (tertiary/aromatic N) is 3. The van der Waals surface area contributed by atoms with Gasteiger partial charge < -0.3 is 9.80 Å². The van der Waals surface area contributed by atoms with Crippen molar-refractivity contribution in [2.24, 2.45) is 0 Å². The summed E-state index contributed by atoms with van der Waals surface area (Å²) < 4.78 is 0.945. The lowest BCUT2D eigenvalue weighted by Gasteiger charge is -2.35. The molecule has 0 bridgehead atoms. The Morgan fingerprint density at radius 3 is 2.75 bits per heavy atom. The molecule has 1 amide bonds. The minimum Gasteiger partial charge on any atom is -0.339 e. The van der Waals surface area contributed by atoms with Crippen molar-refractivity contribution in [3.8, 4) is 0 Å². The molecule has 1 atom stereocenters. The molecule has 0 radical (unpaired) electrons. The lowest BCUT2D eigenvalue weighted by atomic mass is 10.3. The summed E-state index contributed by atoms with van der Waals surface area (Å²) in [4.78, 5) is 21.1. The second-order valence-corrected chi connectivity index (χ2v) is 6.99. The van der Waals surface area contributed by atoms with Crippen LogP contribution >= 0.6 is 27.7 Å². The first-order valence-corrected chi connectivity index (χ1v) is 8.57. The fourth-order valence-electron chi connectivity index (χ4n) is 2.22. The minimum atomic E-state index is -0.102. The van der Waals surface area contributed by atoms with Gasteiger partial charge in [0.05, 0.1) is 5.25 Å². The zero-order valence-electron chi connectivity index (χ0n) is 11.9. The second-order valence-electron chi connectivity index (χ2n) is 4.81. The Kier molecular flexibility index (Phi) is 5.86. The molecular formula is C14H20BrN3OS. The van der Waals surface area contributed by atoms with Crippen molar-refractivity contribution in [1.29, 1.82) is 0 Å². The van der Waals surface area contributed by atoms with Crippen LogP contribution in [0.15, 0.2) is 27.8 Å². The number of hydrogen-bond donors (Lipinski definition) is 0. The first kappa shape index (κ1) is 15.8. The van der Waals surface area contributed by atoms with E-state index < -0.39 is 0 Å². The molecule has 1 unspecified atom stereocenters. The summed E-state index contributed by atoms with van der Waals surface area (Å²) in [6, 6.07) is 3.83. The lowest BCUT2D eigenvalue weighted by Crippen LogP contribution is -2.50. The number of carbonyl (C=O) groups excluding carboxylic acids is 1. The van der Waals surface area contributed by atoms with E-state index in [9.17, 15) is 4.79 Å². The molecule has 1 aliphatic heterocycles. The molecule has 1 aliphatic rings. The predicted molar refractivity (Wildman–Crippen MR) is 86.0 cm³/mol. The van der Waals surface area contributed by atoms with Gasteiger partial charge in [-0.3, -0.25) is 4.79 Å². The Morgan fingerprint density at radius 1 is 1.45 bits per heavy atom. The molecule has 1 aromatic rings. The van der Waals surface area contributed by atoms with Crippen molar-refractivity contribution < 1.29 is 4.79 Å². The highest BCUT2D eigenvalue weighted by Gasteiger charge is 2.25. The van der Waals surface area contributed by atoms with Gasteiger partial charge in [-0.05, 0) is 41.5 Å². The van der Waals surface area contributed by atoms with Gasteiger partial charge in [-0.2, -0.15) is 0 Å². The van der Waals surface area contributed by atoms with Crippen molar-refractivity contribution in [1.82, 2.24) is 14.8 Å². The van der Waals surface area contributed by atoms with Crippen LogP contribution in [0.2, 0.25) is 0 Å². The Labute approximate surface area is 133 Å². The number of piperazine rings is 1. The van der Waals surface area contributed by atoms with Crippen LogP contribution in [0.5, 0.6) is 0 Å². The summed E-state index contributed by atoms with van der Waals surface area (Å²) in [6.07, 6.45) is 1.75. The van der Waals surface area contributed by atoms with E-state index in [1.807, 2.05) is 24.0 Å². The summed E-state index contributed by atoms with van der Waals surface area (Å²) in [5.41, 5.74) is 0. The fraction of sp³-hybridized carbons (Fsp3) is 0.571. The van der Waals surface area contributed by atoms with Crippen molar-refractivity contribution in [2.45, 2.75) is 24.1 Å². The third-order valence-corrected chi connectivity index (χ3v) is 5.50. The molecule has 0 saturated carbocycles. The maximum Gasteiger partial charge on any atom is 0.235 e. The molecule has 4 nitrogen and oxygen atoms in total. The standard InChI is InChI=1S/C14H20BrN3OS/c1-3-17-7-9-18(10-8-17)14(19)11(2)20-13-12(15)5-4-6-16-13/h4-6,11H,3,7-10H2,1-2H3. The summed E-state index contributed by atoms with van der Waals surface area (Å²) in [6.45, 7) is 8.81. The molecule has 6 heteroatoms. The van der Waals surface area contributed by atoms with E-state index in [2.05, 4.69) is 32.7 Å². The average molecular weight is 358 g/mol. The molecule has 2 heterocycles. The number of carbonyl (C=O) groups is 1. The first-order chi connectivity index (χ1) is 9.61. The van der Waals surface area contributed by atoms with Crippen LogP contribution in [-0.4, -0.2) is 58.7 Å². The summed E-state index contributed by atoms with van der Waals surface area (Å²) in [5.74, 6) is 0.211. The second kappa shape index (κ2) is 7.43. The van der Waals surface area contributed by atoms with Crippen molar-refractivity contribution in [3.63, 3.8) is 0 Å². The Bertz CT molecular complexity index is 463. The zero-order chi connectivity index (χ0) is 14.5. The molecule has 20 heavy (non-hydrogen) atoms. The third-order valence-electron chi connectivity index (χ3n) is 3.49. The third kappa shape index (κ3) is 3.96. The molecule has 0 spiro atoms. The predicted octanol–water partition coefficient (Wildman–Crippen LogP) is 2.49. The molecule has 1 aromatic heterocycles. The lowest BCUT2D eigenvalue weighted by molar-refractivity contribution is -0.132. The average Bonchev–Trinajstić information content (AvgIpc) is 2.49. The SMILES string of the molecule is CCN1CCN(C(=O)C(C)Sc2ncccc2Br)CC1. The highest BCUT2D eigenvalue weighted by Crippen LogP contribution is 2.29. The molecule has 0 N–H and O–H groups in total. The van der Waals surface area contributed by atoms with Gasteiger partial charge in [0.25, 0.3) is 0 Å². The first-order valence-electron chi connectivity index (χ1n) is 6.90. The topological polar surface area (TPSA) is 36.4 Å².